The van der Waals surface area contributed by atoms with Gasteiger partial charge in [-0.3, -0.25) is 9.59 Å². The first-order valence-electron chi connectivity index (χ1n) is 9.86. The van der Waals surface area contributed by atoms with Crippen molar-refractivity contribution in [3.05, 3.63) is 35.9 Å². The molecule has 1 aliphatic heterocycles. The van der Waals surface area contributed by atoms with E-state index in [4.69, 9.17) is 5.73 Å². The van der Waals surface area contributed by atoms with Gasteiger partial charge in [-0.15, -0.1) is 0 Å². The van der Waals surface area contributed by atoms with Gasteiger partial charge in [0.1, 0.15) is 0 Å². The van der Waals surface area contributed by atoms with Crippen molar-refractivity contribution < 1.29 is 14.7 Å². The van der Waals surface area contributed by atoms with Crippen molar-refractivity contribution in [2.24, 2.45) is 5.73 Å². The first kappa shape index (κ1) is 20.4. The van der Waals surface area contributed by atoms with Crippen LogP contribution in [0.4, 0.5) is 0 Å². The first-order chi connectivity index (χ1) is 12.5. The van der Waals surface area contributed by atoms with Gasteiger partial charge < -0.3 is 15.7 Å². The third-order valence-corrected chi connectivity index (χ3v) is 5.27. The summed E-state index contributed by atoms with van der Waals surface area (Å²) < 4.78 is 0. The number of likely N-dealkylation sites (tertiary alicyclic amines) is 1. The summed E-state index contributed by atoms with van der Waals surface area (Å²) in [5, 5.41) is 10.5. The third kappa shape index (κ3) is 5.56. The highest BCUT2D eigenvalue weighted by Crippen LogP contribution is 2.33. The van der Waals surface area contributed by atoms with E-state index in [-0.39, 0.29) is 18.4 Å². The number of nitrogens with two attached hydrogens (primary N) is 1. The quantitative estimate of drug-likeness (QED) is 0.595. The predicted molar refractivity (Wildman–Crippen MR) is 102 cm³/mol. The molecular weight excluding hydrogens is 328 g/mol. The summed E-state index contributed by atoms with van der Waals surface area (Å²) in [7, 11) is 0. The predicted octanol–water partition coefficient (Wildman–Crippen LogP) is 2.80. The molecule has 1 aliphatic rings. The van der Waals surface area contributed by atoms with E-state index in [1.807, 2.05) is 30.3 Å². The minimum Gasteiger partial charge on any atom is -0.389 e. The van der Waals surface area contributed by atoms with Crippen LogP contribution in [0.3, 0.4) is 0 Å². The largest absolute Gasteiger partial charge is 0.389 e. The zero-order chi connectivity index (χ0) is 18.9. The van der Waals surface area contributed by atoms with Gasteiger partial charge in [0.05, 0.1) is 18.2 Å². The maximum Gasteiger partial charge on any atom is 0.223 e. The molecule has 0 bridgehead atoms. The summed E-state index contributed by atoms with van der Waals surface area (Å²) in [5.74, 6) is -0.438. The first-order valence-corrected chi connectivity index (χ1v) is 9.86. The fraction of sp³-hybridized carbons (Fsp3) is 0.619. The lowest BCUT2D eigenvalue weighted by atomic mass is 9.82. The van der Waals surface area contributed by atoms with Crippen molar-refractivity contribution >= 4 is 11.8 Å². The van der Waals surface area contributed by atoms with E-state index in [1.165, 1.54) is 18.4 Å². The highest BCUT2D eigenvalue weighted by atomic mass is 16.3. The summed E-state index contributed by atoms with van der Waals surface area (Å²) in [4.78, 5) is 25.7. The SMILES string of the molecule is CCCCCCCC(=O)N1C(CCc2ccccc2)[C@@H](O)C1CC(N)=O. The molecule has 0 saturated carbocycles. The molecule has 144 valence electrons. The molecule has 5 nitrogen and oxygen atoms in total. The Morgan fingerprint density at radius 1 is 1.08 bits per heavy atom. The molecule has 1 aromatic rings. The van der Waals surface area contributed by atoms with E-state index in [0.29, 0.717) is 12.8 Å². The van der Waals surface area contributed by atoms with E-state index in [0.717, 1.165) is 25.7 Å². The number of primary amides is 1. The standard InChI is InChI=1S/C21H32N2O3/c1-2-3-4-5-9-12-20(25)23-17(21(26)18(23)15-19(22)24)14-13-16-10-7-6-8-11-16/h6-8,10-11,17-18,21,26H,2-5,9,12-15H2,1H3,(H2,22,24)/t17?,18?,21-/m1/s1. The molecule has 5 heteroatoms. The average Bonchev–Trinajstić information content (AvgIpc) is 2.63. The van der Waals surface area contributed by atoms with Crippen molar-refractivity contribution in [2.75, 3.05) is 0 Å². The fourth-order valence-electron chi connectivity index (χ4n) is 3.80. The number of unbranched alkanes of at least 4 members (excludes halogenated alkanes) is 4. The molecule has 1 fully saturated rings. The molecule has 2 unspecified atom stereocenters. The van der Waals surface area contributed by atoms with Gasteiger partial charge in [-0.05, 0) is 24.8 Å². The number of aliphatic hydroxyl groups excluding tert-OH is 1. The average molecular weight is 360 g/mol. The molecule has 26 heavy (non-hydrogen) atoms. The Kier molecular flexibility index (Phi) is 8.10. The zero-order valence-corrected chi connectivity index (χ0v) is 15.8. The Balaban J connectivity index is 1.91. The van der Waals surface area contributed by atoms with Crippen molar-refractivity contribution in [1.29, 1.82) is 0 Å². The monoisotopic (exact) mass is 360 g/mol. The van der Waals surface area contributed by atoms with Gasteiger partial charge in [-0.2, -0.15) is 0 Å². The lowest BCUT2D eigenvalue weighted by molar-refractivity contribution is -0.168. The number of rotatable bonds is 11. The molecule has 1 aromatic carbocycles. The number of aryl methyl sites for hydroxylation is 1. The van der Waals surface area contributed by atoms with Crippen molar-refractivity contribution in [3.8, 4) is 0 Å². The normalized spacial score (nSPS) is 22.1. The Labute approximate surface area is 156 Å². The molecule has 0 spiro atoms. The van der Waals surface area contributed by atoms with E-state index in [2.05, 4.69) is 6.92 Å². The van der Waals surface area contributed by atoms with Crippen LogP contribution in [-0.4, -0.2) is 40.0 Å². The molecule has 2 rings (SSSR count). The molecular formula is C21H32N2O3. The Hall–Kier alpha value is -1.88. The van der Waals surface area contributed by atoms with Crippen molar-refractivity contribution in [3.63, 3.8) is 0 Å². The lowest BCUT2D eigenvalue weighted by Crippen LogP contribution is -2.70. The molecule has 2 amide bonds. The highest BCUT2D eigenvalue weighted by molar-refractivity contribution is 5.80. The van der Waals surface area contributed by atoms with Gasteiger partial charge in [0.15, 0.2) is 0 Å². The van der Waals surface area contributed by atoms with Gasteiger partial charge in [0.2, 0.25) is 11.8 Å². The number of carbonyl (C=O) groups is 2. The van der Waals surface area contributed by atoms with Crippen molar-refractivity contribution in [1.82, 2.24) is 4.90 Å². The number of carbonyl (C=O) groups excluding carboxylic acids is 2. The number of benzene rings is 1. The van der Waals surface area contributed by atoms with E-state index in [9.17, 15) is 14.7 Å². The minimum atomic E-state index is -0.671. The second-order valence-electron chi connectivity index (χ2n) is 7.29. The molecule has 1 heterocycles. The van der Waals surface area contributed by atoms with E-state index >= 15 is 0 Å². The third-order valence-electron chi connectivity index (χ3n) is 5.27. The topological polar surface area (TPSA) is 83.6 Å². The smallest absolute Gasteiger partial charge is 0.223 e. The van der Waals surface area contributed by atoms with Gasteiger partial charge >= 0.3 is 0 Å². The van der Waals surface area contributed by atoms with E-state index < -0.39 is 18.1 Å². The molecule has 1 saturated heterocycles. The zero-order valence-electron chi connectivity index (χ0n) is 15.8. The Morgan fingerprint density at radius 3 is 2.42 bits per heavy atom. The molecule has 0 aliphatic carbocycles. The number of amides is 2. The van der Waals surface area contributed by atoms with Crippen LogP contribution in [0, 0.1) is 0 Å². The van der Waals surface area contributed by atoms with Gasteiger partial charge in [-0.1, -0.05) is 62.9 Å². The number of aliphatic hydroxyl groups is 1. The maximum atomic E-state index is 12.7. The summed E-state index contributed by atoms with van der Waals surface area (Å²) in [6.07, 6.45) is 6.76. The van der Waals surface area contributed by atoms with Crippen LogP contribution in [-0.2, 0) is 16.0 Å². The van der Waals surface area contributed by atoms with Gasteiger partial charge in [0.25, 0.3) is 0 Å². The highest BCUT2D eigenvalue weighted by Gasteiger charge is 2.49. The van der Waals surface area contributed by atoms with Crippen LogP contribution >= 0.6 is 0 Å². The summed E-state index contributed by atoms with van der Waals surface area (Å²) in [6.45, 7) is 2.17. The molecule has 3 atom stereocenters. The second-order valence-corrected chi connectivity index (χ2v) is 7.29. The summed E-state index contributed by atoms with van der Waals surface area (Å²) in [5.41, 5.74) is 6.49. The van der Waals surface area contributed by atoms with E-state index in [1.54, 1.807) is 4.90 Å². The minimum absolute atomic E-state index is 0.0323. The van der Waals surface area contributed by atoms with Crippen LogP contribution in [0.1, 0.15) is 63.9 Å². The van der Waals surface area contributed by atoms with Gasteiger partial charge in [-0.25, -0.2) is 0 Å². The fourth-order valence-corrected chi connectivity index (χ4v) is 3.80. The van der Waals surface area contributed by atoms with Crippen LogP contribution in [0.2, 0.25) is 0 Å². The maximum absolute atomic E-state index is 12.7. The second kappa shape index (κ2) is 10.3. The van der Waals surface area contributed by atoms with Crippen LogP contribution in [0.5, 0.6) is 0 Å². The Morgan fingerprint density at radius 2 is 1.77 bits per heavy atom. The van der Waals surface area contributed by atoms with Gasteiger partial charge in [0, 0.05) is 12.8 Å². The molecule has 3 N–H and O–H groups in total. The van der Waals surface area contributed by atoms with Crippen LogP contribution in [0.25, 0.3) is 0 Å². The lowest BCUT2D eigenvalue weighted by Gasteiger charge is -2.53. The number of hydrogen-bond donors (Lipinski definition) is 2. The number of hydrogen-bond acceptors (Lipinski definition) is 3. The number of nitrogens with zero attached hydrogens (tertiary/aromatic N) is 1. The van der Waals surface area contributed by atoms with Crippen LogP contribution < -0.4 is 5.73 Å². The van der Waals surface area contributed by atoms with Crippen LogP contribution in [0.15, 0.2) is 30.3 Å². The summed E-state index contributed by atoms with van der Waals surface area (Å²) in [6, 6.07) is 9.36. The molecule has 0 aromatic heterocycles. The van der Waals surface area contributed by atoms with Crippen molar-refractivity contribution in [2.45, 2.75) is 82.9 Å². The summed E-state index contributed by atoms with van der Waals surface area (Å²) >= 11 is 0. The molecule has 0 radical (unpaired) electrons. The Bertz CT molecular complexity index is 576.